The van der Waals surface area contributed by atoms with Crippen LogP contribution in [0.2, 0.25) is 0 Å². The third kappa shape index (κ3) is 2.72. The van der Waals surface area contributed by atoms with Gasteiger partial charge in [0.2, 0.25) is 0 Å². The minimum absolute atomic E-state index is 0.453. The molecule has 0 saturated heterocycles. The van der Waals surface area contributed by atoms with Crippen LogP contribution in [-0.2, 0) is 6.54 Å². The van der Waals surface area contributed by atoms with Crippen molar-refractivity contribution in [2.45, 2.75) is 24.8 Å². The first-order valence-corrected chi connectivity index (χ1v) is 6.45. The lowest BCUT2D eigenvalue weighted by molar-refractivity contribution is 0.204. The Labute approximate surface area is 94.7 Å². The molecule has 14 heavy (non-hydrogen) atoms. The maximum absolute atomic E-state index is 5.95. The molecule has 3 heteroatoms. The number of hydrogen-bond acceptors (Lipinski definition) is 2. The van der Waals surface area contributed by atoms with Crippen LogP contribution in [-0.4, -0.2) is 23.9 Å². The number of hydrogen-bond donors (Lipinski definition) is 0. The molecule has 0 aromatic carbocycles. The van der Waals surface area contributed by atoms with E-state index in [9.17, 15) is 0 Å². The summed E-state index contributed by atoms with van der Waals surface area (Å²) in [4.78, 5) is 2.40. The van der Waals surface area contributed by atoms with Crippen molar-refractivity contribution >= 4 is 22.9 Å². The van der Waals surface area contributed by atoms with Gasteiger partial charge in [0.25, 0.3) is 0 Å². The highest BCUT2D eigenvalue weighted by molar-refractivity contribution is 7.07. The van der Waals surface area contributed by atoms with Gasteiger partial charge < -0.3 is 4.90 Å². The molecule has 1 saturated carbocycles. The average Bonchev–Trinajstić information content (AvgIpc) is 2.54. The molecule has 0 N–H and O–H groups in total. The van der Waals surface area contributed by atoms with Gasteiger partial charge in [-0.3, -0.25) is 0 Å². The Morgan fingerprint density at radius 2 is 2.36 bits per heavy atom. The number of rotatable bonds is 4. The quantitative estimate of drug-likeness (QED) is 0.717. The lowest BCUT2D eigenvalue weighted by Gasteiger charge is -2.34. The average molecular weight is 230 g/mol. The van der Waals surface area contributed by atoms with Crippen molar-refractivity contribution in [3.8, 4) is 0 Å². The second-order valence-electron chi connectivity index (χ2n) is 4.26. The normalized spacial score (nSPS) is 26.5. The molecule has 1 aliphatic carbocycles. The van der Waals surface area contributed by atoms with Gasteiger partial charge in [0, 0.05) is 18.5 Å². The maximum Gasteiger partial charge on any atom is 0.0342 e. The fraction of sp³-hybridized carbons (Fsp3) is 0.636. The molecule has 0 spiro atoms. The summed E-state index contributed by atoms with van der Waals surface area (Å²) in [6, 6.07) is 2.20. The third-order valence-corrected chi connectivity index (χ3v) is 3.87. The van der Waals surface area contributed by atoms with E-state index in [1.807, 2.05) is 0 Å². The zero-order valence-electron chi connectivity index (χ0n) is 8.45. The molecule has 1 fully saturated rings. The topological polar surface area (TPSA) is 3.24 Å². The summed E-state index contributed by atoms with van der Waals surface area (Å²) in [6.45, 7) is 2.27. The van der Waals surface area contributed by atoms with Crippen molar-refractivity contribution in [2.24, 2.45) is 5.92 Å². The Balaban J connectivity index is 1.71. The minimum Gasteiger partial charge on any atom is -0.302 e. The van der Waals surface area contributed by atoms with E-state index in [-0.39, 0.29) is 0 Å². The lowest BCUT2D eigenvalue weighted by atomic mass is 9.84. The molecule has 1 aromatic rings. The summed E-state index contributed by atoms with van der Waals surface area (Å²) in [5, 5.41) is 4.82. The van der Waals surface area contributed by atoms with Crippen molar-refractivity contribution in [3.63, 3.8) is 0 Å². The Morgan fingerprint density at radius 1 is 1.57 bits per heavy atom. The standard InChI is InChI=1S/C11H16ClNS/c1-13(6-9-2-3-14-8-9)7-10-4-11(12)5-10/h2-3,8,10-11H,4-7H2,1H3. The molecule has 0 bridgehead atoms. The molecule has 0 amide bonds. The number of halogens is 1. The first-order valence-electron chi connectivity index (χ1n) is 5.07. The van der Waals surface area contributed by atoms with E-state index in [4.69, 9.17) is 11.6 Å². The van der Waals surface area contributed by atoms with Gasteiger partial charge in [-0.05, 0) is 48.2 Å². The SMILES string of the molecule is CN(Cc1ccsc1)CC1CC(Cl)C1. The number of nitrogens with zero attached hydrogens (tertiary/aromatic N) is 1. The highest BCUT2D eigenvalue weighted by Gasteiger charge is 2.27. The molecule has 78 valence electrons. The zero-order valence-corrected chi connectivity index (χ0v) is 10.0. The second-order valence-corrected chi connectivity index (χ2v) is 5.66. The Kier molecular flexibility index (Phi) is 3.47. The zero-order chi connectivity index (χ0) is 9.97. The monoisotopic (exact) mass is 229 g/mol. The molecule has 0 radical (unpaired) electrons. The van der Waals surface area contributed by atoms with Crippen molar-refractivity contribution < 1.29 is 0 Å². The van der Waals surface area contributed by atoms with Crippen molar-refractivity contribution in [3.05, 3.63) is 22.4 Å². The van der Waals surface area contributed by atoms with Gasteiger partial charge in [-0.25, -0.2) is 0 Å². The van der Waals surface area contributed by atoms with Crippen molar-refractivity contribution in [2.75, 3.05) is 13.6 Å². The van der Waals surface area contributed by atoms with Crippen LogP contribution < -0.4 is 0 Å². The molecule has 0 aliphatic heterocycles. The molecule has 0 atom stereocenters. The highest BCUT2D eigenvalue weighted by Crippen LogP contribution is 2.32. The van der Waals surface area contributed by atoms with Crippen molar-refractivity contribution in [1.29, 1.82) is 0 Å². The van der Waals surface area contributed by atoms with Gasteiger partial charge in [0.05, 0.1) is 0 Å². The summed E-state index contributed by atoms with van der Waals surface area (Å²) in [7, 11) is 2.19. The van der Waals surface area contributed by atoms with E-state index in [1.54, 1.807) is 11.3 Å². The Hall–Kier alpha value is -0.0500. The van der Waals surface area contributed by atoms with Crippen LogP contribution in [0.5, 0.6) is 0 Å². The molecule has 1 aliphatic rings. The van der Waals surface area contributed by atoms with E-state index < -0.39 is 0 Å². The van der Waals surface area contributed by atoms with Gasteiger partial charge in [0.15, 0.2) is 0 Å². The summed E-state index contributed by atoms with van der Waals surface area (Å²) in [5.41, 5.74) is 1.43. The lowest BCUT2D eigenvalue weighted by Crippen LogP contribution is -2.34. The molecule has 1 aromatic heterocycles. The maximum atomic E-state index is 5.95. The molecule has 2 rings (SSSR count). The number of thiophene rings is 1. The van der Waals surface area contributed by atoms with Crippen LogP contribution in [0.4, 0.5) is 0 Å². The molecule has 1 heterocycles. The van der Waals surface area contributed by atoms with Gasteiger partial charge in [-0.15, -0.1) is 11.6 Å². The molecule has 1 nitrogen and oxygen atoms in total. The molecule has 0 unspecified atom stereocenters. The van der Waals surface area contributed by atoms with E-state index in [1.165, 1.54) is 24.9 Å². The van der Waals surface area contributed by atoms with E-state index in [0.29, 0.717) is 5.38 Å². The van der Waals surface area contributed by atoms with Crippen LogP contribution in [0, 0.1) is 5.92 Å². The molecular formula is C11H16ClNS. The van der Waals surface area contributed by atoms with E-state index >= 15 is 0 Å². The molecular weight excluding hydrogens is 214 g/mol. The first-order chi connectivity index (χ1) is 6.74. The second kappa shape index (κ2) is 4.65. The fourth-order valence-electron chi connectivity index (χ4n) is 2.00. The highest BCUT2D eigenvalue weighted by atomic mass is 35.5. The Morgan fingerprint density at radius 3 is 2.93 bits per heavy atom. The summed E-state index contributed by atoms with van der Waals surface area (Å²) in [5.74, 6) is 0.834. The van der Waals surface area contributed by atoms with Gasteiger partial charge in [-0.2, -0.15) is 11.3 Å². The van der Waals surface area contributed by atoms with Crippen LogP contribution in [0.3, 0.4) is 0 Å². The van der Waals surface area contributed by atoms with Crippen molar-refractivity contribution in [1.82, 2.24) is 4.90 Å². The van der Waals surface area contributed by atoms with E-state index in [2.05, 4.69) is 28.8 Å². The van der Waals surface area contributed by atoms with E-state index in [0.717, 1.165) is 12.5 Å². The van der Waals surface area contributed by atoms with Gasteiger partial charge in [-0.1, -0.05) is 0 Å². The fourth-order valence-corrected chi connectivity index (χ4v) is 3.17. The number of alkyl halides is 1. The predicted molar refractivity (Wildman–Crippen MR) is 63.0 cm³/mol. The first kappa shape index (κ1) is 10.5. The summed E-state index contributed by atoms with van der Waals surface area (Å²) >= 11 is 7.73. The Bertz CT molecular complexity index is 267. The van der Waals surface area contributed by atoms with Gasteiger partial charge in [0.1, 0.15) is 0 Å². The van der Waals surface area contributed by atoms with Gasteiger partial charge >= 0.3 is 0 Å². The summed E-state index contributed by atoms with van der Waals surface area (Å²) < 4.78 is 0. The van der Waals surface area contributed by atoms with Crippen LogP contribution in [0.15, 0.2) is 16.8 Å². The van der Waals surface area contributed by atoms with Crippen LogP contribution >= 0.6 is 22.9 Å². The van der Waals surface area contributed by atoms with Crippen LogP contribution in [0.1, 0.15) is 18.4 Å². The third-order valence-electron chi connectivity index (χ3n) is 2.78. The van der Waals surface area contributed by atoms with Crippen LogP contribution in [0.25, 0.3) is 0 Å². The summed E-state index contributed by atoms with van der Waals surface area (Å²) in [6.07, 6.45) is 2.41. The predicted octanol–water partition coefficient (Wildman–Crippen LogP) is 3.20. The minimum atomic E-state index is 0.453. The smallest absolute Gasteiger partial charge is 0.0342 e. The largest absolute Gasteiger partial charge is 0.302 e.